The van der Waals surface area contributed by atoms with E-state index in [1.807, 2.05) is 27.7 Å². The lowest BCUT2D eigenvalue weighted by Gasteiger charge is -2.50. The summed E-state index contributed by atoms with van der Waals surface area (Å²) in [6, 6.07) is 0. The molecule has 0 radical (unpaired) electrons. The minimum absolute atomic E-state index is 1.00. The van der Waals surface area contributed by atoms with Gasteiger partial charge in [-0.05, 0) is 80.0 Å². The Bertz CT molecular complexity index is 269. The number of hydrogen-bond acceptors (Lipinski definition) is 0. The topological polar surface area (TPSA) is 0 Å². The molecule has 0 nitrogen and oxygen atoms in total. The van der Waals surface area contributed by atoms with Crippen LogP contribution >= 0.6 is 0 Å². The summed E-state index contributed by atoms with van der Waals surface area (Å²) in [5, 5.41) is 0. The molecule has 3 fully saturated rings. The average molecular weight is 295 g/mol. The largest absolute Gasteiger partial charge is 0.0683 e. The van der Waals surface area contributed by atoms with Crippen molar-refractivity contribution in [3.05, 3.63) is 0 Å². The average Bonchev–Trinajstić information content (AvgIpc) is 2.50. The van der Waals surface area contributed by atoms with Gasteiger partial charge in [-0.3, -0.25) is 0 Å². The molecular formula is C21H42. The SMILES string of the molecule is CC.CC.CC1CCC2CC3CC(C)CC(C)C3CC2C1. The summed E-state index contributed by atoms with van der Waals surface area (Å²) < 4.78 is 0. The van der Waals surface area contributed by atoms with Gasteiger partial charge in [0.15, 0.2) is 0 Å². The van der Waals surface area contributed by atoms with E-state index < -0.39 is 0 Å². The van der Waals surface area contributed by atoms with Crippen molar-refractivity contribution in [2.24, 2.45) is 41.4 Å². The van der Waals surface area contributed by atoms with Gasteiger partial charge in [-0.25, -0.2) is 0 Å². The van der Waals surface area contributed by atoms with Crippen molar-refractivity contribution in [1.82, 2.24) is 0 Å². The molecule has 0 aliphatic heterocycles. The van der Waals surface area contributed by atoms with Crippen LogP contribution in [-0.2, 0) is 0 Å². The molecule has 3 aliphatic carbocycles. The molecule has 0 heterocycles. The standard InChI is InChI=1S/C17H30.2C2H6/c1-11-4-5-14-9-16-8-12(2)6-13(3)17(16)10-15(14)7-11;2*1-2/h11-17H,4-10H2,1-3H3;2*1-2H3. The highest BCUT2D eigenvalue weighted by Crippen LogP contribution is 2.53. The molecule has 21 heavy (non-hydrogen) atoms. The van der Waals surface area contributed by atoms with Gasteiger partial charge < -0.3 is 0 Å². The quantitative estimate of drug-likeness (QED) is 0.443. The first-order chi connectivity index (χ1) is 10.1. The lowest BCUT2D eigenvalue weighted by atomic mass is 9.55. The first-order valence-corrected chi connectivity index (χ1v) is 10.1. The van der Waals surface area contributed by atoms with E-state index in [9.17, 15) is 0 Å². The third kappa shape index (κ3) is 4.73. The van der Waals surface area contributed by atoms with Crippen molar-refractivity contribution in [1.29, 1.82) is 0 Å². The smallest absolute Gasteiger partial charge is 0.0357 e. The molecule has 0 spiro atoms. The van der Waals surface area contributed by atoms with Crippen LogP contribution in [0.5, 0.6) is 0 Å². The summed E-state index contributed by atoms with van der Waals surface area (Å²) in [5.74, 6) is 7.46. The second-order valence-electron chi connectivity index (χ2n) is 7.89. The maximum absolute atomic E-state index is 2.54. The van der Waals surface area contributed by atoms with Crippen LogP contribution in [0.2, 0.25) is 0 Å². The van der Waals surface area contributed by atoms with Gasteiger partial charge in [-0.1, -0.05) is 54.9 Å². The van der Waals surface area contributed by atoms with E-state index in [4.69, 9.17) is 0 Å². The number of hydrogen-bond donors (Lipinski definition) is 0. The maximum atomic E-state index is 2.54. The van der Waals surface area contributed by atoms with E-state index in [1.54, 1.807) is 32.1 Å². The van der Waals surface area contributed by atoms with Gasteiger partial charge in [0, 0.05) is 0 Å². The Labute approximate surface area is 135 Å². The monoisotopic (exact) mass is 294 g/mol. The van der Waals surface area contributed by atoms with E-state index in [-0.39, 0.29) is 0 Å². The molecule has 0 amide bonds. The molecule has 3 rings (SSSR count). The van der Waals surface area contributed by atoms with Crippen LogP contribution < -0.4 is 0 Å². The lowest BCUT2D eigenvalue weighted by molar-refractivity contribution is -0.00243. The zero-order valence-electron chi connectivity index (χ0n) is 16.0. The molecule has 0 aromatic carbocycles. The molecule has 0 aromatic rings. The molecule has 126 valence electrons. The molecule has 0 bridgehead atoms. The molecule has 0 N–H and O–H groups in total. The van der Waals surface area contributed by atoms with Crippen molar-refractivity contribution in [2.45, 2.75) is 93.4 Å². The summed E-state index contributed by atoms with van der Waals surface area (Å²) in [6.45, 7) is 15.5. The maximum Gasteiger partial charge on any atom is -0.0357 e. The molecule has 7 atom stereocenters. The summed E-state index contributed by atoms with van der Waals surface area (Å²) >= 11 is 0. The van der Waals surface area contributed by atoms with Crippen molar-refractivity contribution >= 4 is 0 Å². The van der Waals surface area contributed by atoms with Crippen LogP contribution in [0.25, 0.3) is 0 Å². The first kappa shape index (κ1) is 19.0. The van der Waals surface area contributed by atoms with Crippen molar-refractivity contribution in [3.63, 3.8) is 0 Å². The summed E-state index contributed by atoms with van der Waals surface area (Å²) in [6.07, 6.45) is 10.9. The fourth-order valence-electron chi connectivity index (χ4n) is 5.66. The van der Waals surface area contributed by atoms with E-state index in [2.05, 4.69) is 20.8 Å². The van der Waals surface area contributed by atoms with Gasteiger partial charge in [-0.15, -0.1) is 0 Å². The van der Waals surface area contributed by atoms with Crippen LogP contribution in [0.3, 0.4) is 0 Å². The zero-order valence-corrected chi connectivity index (χ0v) is 16.0. The second kappa shape index (κ2) is 9.21. The Morgan fingerprint density at radius 2 is 1.14 bits per heavy atom. The van der Waals surface area contributed by atoms with Gasteiger partial charge >= 0.3 is 0 Å². The van der Waals surface area contributed by atoms with Gasteiger partial charge in [0.1, 0.15) is 0 Å². The summed E-state index contributed by atoms with van der Waals surface area (Å²) in [4.78, 5) is 0. The van der Waals surface area contributed by atoms with Crippen LogP contribution in [0.4, 0.5) is 0 Å². The van der Waals surface area contributed by atoms with Gasteiger partial charge in [0.25, 0.3) is 0 Å². The van der Waals surface area contributed by atoms with Gasteiger partial charge in [0.2, 0.25) is 0 Å². The third-order valence-corrected chi connectivity index (χ3v) is 6.40. The van der Waals surface area contributed by atoms with E-state index in [1.165, 1.54) is 12.8 Å². The minimum atomic E-state index is 1.00. The fraction of sp³-hybridized carbons (Fsp3) is 1.00. The molecule has 3 aliphatic rings. The van der Waals surface area contributed by atoms with Crippen LogP contribution in [0, 0.1) is 41.4 Å². The zero-order chi connectivity index (χ0) is 16.0. The van der Waals surface area contributed by atoms with Crippen molar-refractivity contribution in [3.8, 4) is 0 Å². The Morgan fingerprint density at radius 1 is 0.524 bits per heavy atom. The molecule has 0 aromatic heterocycles. The van der Waals surface area contributed by atoms with Crippen LogP contribution in [-0.4, -0.2) is 0 Å². The van der Waals surface area contributed by atoms with Crippen LogP contribution in [0.15, 0.2) is 0 Å². The Morgan fingerprint density at radius 3 is 1.81 bits per heavy atom. The van der Waals surface area contributed by atoms with Crippen molar-refractivity contribution < 1.29 is 0 Å². The van der Waals surface area contributed by atoms with Gasteiger partial charge in [-0.2, -0.15) is 0 Å². The molecule has 0 saturated heterocycles. The molecule has 0 heteroatoms. The normalized spacial score (nSPS) is 45.0. The number of fused-ring (bicyclic) bond motifs is 2. The lowest BCUT2D eigenvalue weighted by Crippen LogP contribution is -2.41. The second-order valence-corrected chi connectivity index (χ2v) is 7.89. The van der Waals surface area contributed by atoms with E-state index in [0.29, 0.717) is 0 Å². The van der Waals surface area contributed by atoms with E-state index in [0.717, 1.165) is 41.4 Å². The molecule has 3 saturated carbocycles. The summed E-state index contributed by atoms with van der Waals surface area (Å²) in [7, 11) is 0. The third-order valence-electron chi connectivity index (χ3n) is 6.40. The highest BCUT2D eigenvalue weighted by atomic mass is 14.5. The Hall–Kier alpha value is 0. The fourth-order valence-corrected chi connectivity index (χ4v) is 5.66. The Kier molecular flexibility index (Phi) is 8.35. The minimum Gasteiger partial charge on any atom is -0.0683 e. The van der Waals surface area contributed by atoms with E-state index >= 15 is 0 Å². The number of rotatable bonds is 0. The summed E-state index contributed by atoms with van der Waals surface area (Å²) in [5.41, 5.74) is 0. The predicted octanol–water partition coefficient (Wildman–Crippen LogP) is 7.18. The van der Waals surface area contributed by atoms with Crippen molar-refractivity contribution in [2.75, 3.05) is 0 Å². The molecule has 7 unspecified atom stereocenters. The highest BCUT2D eigenvalue weighted by Gasteiger charge is 2.43. The van der Waals surface area contributed by atoms with Crippen LogP contribution in [0.1, 0.15) is 93.4 Å². The first-order valence-electron chi connectivity index (χ1n) is 10.1. The van der Waals surface area contributed by atoms with Gasteiger partial charge in [0.05, 0.1) is 0 Å². The highest BCUT2D eigenvalue weighted by molar-refractivity contribution is 4.93. The Balaban J connectivity index is 0.000000510. The molecular weight excluding hydrogens is 252 g/mol. The predicted molar refractivity (Wildman–Crippen MR) is 96.5 cm³/mol.